The summed E-state index contributed by atoms with van der Waals surface area (Å²) < 4.78 is 12.7. The molecule has 6 heteroatoms. The lowest BCUT2D eigenvalue weighted by Crippen LogP contribution is -2.16. The van der Waals surface area contributed by atoms with E-state index in [1.54, 1.807) is 19.9 Å². The molecule has 108 valence electrons. The molecule has 2 N–H and O–H groups in total. The van der Waals surface area contributed by atoms with Crippen molar-refractivity contribution in [3.05, 3.63) is 58.7 Å². The number of aromatic nitrogens is 1. The molecule has 0 spiro atoms. The lowest BCUT2D eigenvalue weighted by molar-refractivity contribution is 0.0698. The first kappa shape index (κ1) is 14.6. The van der Waals surface area contributed by atoms with Crippen molar-refractivity contribution < 1.29 is 19.1 Å². The van der Waals surface area contributed by atoms with E-state index in [1.807, 2.05) is 0 Å². The van der Waals surface area contributed by atoms with Gasteiger partial charge in [0.05, 0.1) is 16.8 Å². The number of hydrogen-bond acceptors (Lipinski definition) is 3. The number of anilines is 1. The fraction of sp³-hybridized carbons (Fsp3) is 0.133. The molecule has 0 atom stereocenters. The van der Waals surface area contributed by atoms with Gasteiger partial charge >= 0.3 is 5.97 Å². The number of nitrogens with one attached hydrogen (secondary N) is 1. The third-order valence-electron chi connectivity index (χ3n) is 2.94. The number of aromatic carboxylic acids is 1. The van der Waals surface area contributed by atoms with Crippen LogP contribution in [-0.2, 0) is 0 Å². The first-order valence-corrected chi connectivity index (χ1v) is 6.16. The molecule has 2 aromatic rings. The lowest BCUT2D eigenvalue weighted by atomic mass is 10.0. The number of pyridine rings is 1. The van der Waals surface area contributed by atoms with Gasteiger partial charge in [0.1, 0.15) is 0 Å². The van der Waals surface area contributed by atoms with Gasteiger partial charge in [-0.1, -0.05) is 6.07 Å². The zero-order valence-corrected chi connectivity index (χ0v) is 11.5. The normalized spacial score (nSPS) is 10.2. The first-order chi connectivity index (χ1) is 9.88. The molecule has 0 aliphatic rings. The Kier molecular flexibility index (Phi) is 3.98. The minimum Gasteiger partial charge on any atom is -0.478 e. The van der Waals surface area contributed by atoms with Crippen LogP contribution in [0.5, 0.6) is 0 Å². The molecule has 0 aliphatic carbocycles. The zero-order valence-electron chi connectivity index (χ0n) is 11.5. The van der Waals surface area contributed by atoms with Crippen molar-refractivity contribution in [2.45, 2.75) is 13.8 Å². The average Bonchev–Trinajstić information content (AvgIpc) is 2.41. The maximum Gasteiger partial charge on any atom is 0.337 e. The topological polar surface area (TPSA) is 79.3 Å². The standard InChI is InChI=1S/C15H13FN2O3/c1-8-5-9(2)13(11(6-8)15(20)21)18-14(19)10-3-4-12(16)17-7-10/h3-7H,1-2H3,(H,18,19)(H,20,21). The smallest absolute Gasteiger partial charge is 0.337 e. The van der Waals surface area contributed by atoms with Crippen LogP contribution >= 0.6 is 0 Å². The number of halogens is 1. The molecule has 21 heavy (non-hydrogen) atoms. The number of carbonyl (C=O) groups excluding carboxylic acids is 1. The van der Waals surface area contributed by atoms with E-state index in [-0.39, 0.29) is 16.8 Å². The number of carboxylic acids is 1. The van der Waals surface area contributed by atoms with Crippen molar-refractivity contribution in [2.75, 3.05) is 5.32 Å². The Balaban J connectivity index is 2.37. The van der Waals surface area contributed by atoms with Crippen LogP contribution in [0, 0.1) is 19.8 Å². The van der Waals surface area contributed by atoms with Crippen molar-refractivity contribution in [3.63, 3.8) is 0 Å². The highest BCUT2D eigenvalue weighted by Gasteiger charge is 2.16. The van der Waals surface area contributed by atoms with Gasteiger partial charge in [0.25, 0.3) is 5.91 Å². The first-order valence-electron chi connectivity index (χ1n) is 6.16. The number of carboxylic acid groups (broad SMARTS) is 1. The van der Waals surface area contributed by atoms with Gasteiger partial charge in [-0.2, -0.15) is 4.39 Å². The number of benzene rings is 1. The molecule has 0 unspecified atom stereocenters. The number of carbonyl (C=O) groups is 2. The average molecular weight is 288 g/mol. The van der Waals surface area contributed by atoms with E-state index >= 15 is 0 Å². The highest BCUT2D eigenvalue weighted by atomic mass is 19.1. The van der Waals surface area contributed by atoms with E-state index in [4.69, 9.17) is 0 Å². The van der Waals surface area contributed by atoms with Gasteiger partial charge in [-0.25, -0.2) is 9.78 Å². The molecule has 0 aliphatic heterocycles. The number of amides is 1. The Morgan fingerprint density at radius 2 is 1.95 bits per heavy atom. The summed E-state index contributed by atoms with van der Waals surface area (Å²) >= 11 is 0. The van der Waals surface area contributed by atoms with E-state index < -0.39 is 17.8 Å². The van der Waals surface area contributed by atoms with E-state index in [2.05, 4.69) is 10.3 Å². The molecule has 0 fully saturated rings. The molecule has 0 radical (unpaired) electrons. The Bertz CT molecular complexity index is 712. The monoisotopic (exact) mass is 288 g/mol. The summed E-state index contributed by atoms with van der Waals surface area (Å²) in [7, 11) is 0. The summed E-state index contributed by atoms with van der Waals surface area (Å²) in [6.45, 7) is 3.48. The largest absolute Gasteiger partial charge is 0.478 e. The molecular weight excluding hydrogens is 275 g/mol. The highest BCUT2D eigenvalue weighted by molar-refractivity contribution is 6.08. The van der Waals surface area contributed by atoms with Crippen molar-refractivity contribution >= 4 is 17.6 Å². The molecule has 2 rings (SSSR count). The van der Waals surface area contributed by atoms with Gasteiger partial charge in [0.15, 0.2) is 0 Å². The van der Waals surface area contributed by atoms with Gasteiger partial charge in [0.2, 0.25) is 5.95 Å². The van der Waals surface area contributed by atoms with Crippen LogP contribution in [0.1, 0.15) is 31.8 Å². The minimum atomic E-state index is -1.13. The molecule has 0 saturated carbocycles. The predicted octanol–water partition coefficient (Wildman–Crippen LogP) is 2.79. The van der Waals surface area contributed by atoms with Crippen molar-refractivity contribution in [1.29, 1.82) is 0 Å². The summed E-state index contributed by atoms with van der Waals surface area (Å²) in [5, 5.41) is 11.8. The molecule has 5 nitrogen and oxygen atoms in total. The van der Waals surface area contributed by atoms with Crippen molar-refractivity contribution in [3.8, 4) is 0 Å². The van der Waals surface area contributed by atoms with E-state index in [1.165, 1.54) is 12.1 Å². The molecular formula is C15H13FN2O3. The maximum absolute atomic E-state index is 12.7. The number of rotatable bonds is 3. The summed E-state index contributed by atoms with van der Waals surface area (Å²) in [6.07, 6.45) is 1.09. The van der Waals surface area contributed by atoms with Gasteiger partial charge in [-0.15, -0.1) is 0 Å². The Morgan fingerprint density at radius 3 is 2.52 bits per heavy atom. The minimum absolute atomic E-state index is 0.0101. The fourth-order valence-electron chi connectivity index (χ4n) is 2.00. The van der Waals surface area contributed by atoms with Gasteiger partial charge in [-0.3, -0.25) is 4.79 Å². The zero-order chi connectivity index (χ0) is 15.6. The summed E-state index contributed by atoms with van der Waals surface area (Å²) in [5.74, 6) is -2.37. The summed E-state index contributed by atoms with van der Waals surface area (Å²) in [6, 6.07) is 5.59. The third-order valence-corrected chi connectivity index (χ3v) is 2.94. The quantitative estimate of drug-likeness (QED) is 0.851. The molecule has 0 saturated heterocycles. The molecule has 1 heterocycles. The second-order valence-electron chi connectivity index (χ2n) is 4.63. The van der Waals surface area contributed by atoms with Crippen LogP contribution in [0.2, 0.25) is 0 Å². The van der Waals surface area contributed by atoms with E-state index in [0.29, 0.717) is 5.56 Å². The lowest BCUT2D eigenvalue weighted by Gasteiger charge is -2.12. The summed E-state index contributed by atoms with van der Waals surface area (Å²) in [4.78, 5) is 26.7. The van der Waals surface area contributed by atoms with Crippen LogP contribution in [0.15, 0.2) is 30.5 Å². The van der Waals surface area contributed by atoms with Gasteiger partial charge in [-0.05, 0) is 43.2 Å². The van der Waals surface area contributed by atoms with Crippen LogP contribution in [-0.4, -0.2) is 22.0 Å². The Labute approximate surface area is 120 Å². The van der Waals surface area contributed by atoms with Gasteiger partial charge < -0.3 is 10.4 Å². The number of nitrogens with zero attached hydrogens (tertiary/aromatic N) is 1. The van der Waals surface area contributed by atoms with Crippen LogP contribution in [0.4, 0.5) is 10.1 Å². The maximum atomic E-state index is 12.7. The van der Waals surface area contributed by atoms with Crippen LogP contribution < -0.4 is 5.32 Å². The van der Waals surface area contributed by atoms with Crippen LogP contribution in [0.3, 0.4) is 0 Å². The second kappa shape index (κ2) is 5.70. The predicted molar refractivity (Wildman–Crippen MR) is 75.0 cm³/mol. The molecule has 1 amide bonds. The number of hydrogen-bond donors (Lipinski definition) is 2. The molecule has 1 aromatic heterocycles. The van der Waals surface area contributed by atoms with Crippen molar-refractivity contribution in [2.24, 2.45) is 0 Å². The van der Waals surface area contributed by atoms with Gasteiger partial charge in [0, 0.05) is 6.20 Å². The van der Waals surface area contributed by atoms with E-state index in [0.717, 1.165) is 17.8 Å². The second-order valence-corrected chi connectivity index (χ2v) is 4.63. The van der Waals surface area contributed by atoms with E-state index in [9.17, 15) is 19.1 Å². The molecule has 0 bridgehead atoms. The molecule has 1 aromatic carbocycles. The number of aryl methyl sites for hydroxylation is 2. The summed E-state index contributed by atoms with van der Waals surface area (Å²) in [5.41, 5.74) is 1.80. The fourth-order valence-corrected chi connectivity index (χ4v) is 2.00. The van der Waals surface area contributed by atoms with Crippen LogP contribution in [0.25, 0.3) is 0 Å². The SMILES string of the molecule is Cc1cc(C)c(NC(=O)c2ccc(F)nc2)c(C(=O)O)c1. The Morgan fingerprint density at radius 1 is 1.24 bits per heavy atom. The Hall–Kier alpha value is -2.76. The third kappa shape index (κ3) is 3.22. The van der Waals surface area contributed by atoms with Crippen molar-refractivity contribution in [1.82, 2.24) is 4.98 Å². The highest BCUT2D eigenvalue weighted by Crippen LogP contribution is 2.23.